The number of hydrogen-bond acceptors (Lipinski definition) is 2. The SMILES string of the molecule is N#Cc1ccc(NCc2ccc(I)cc2)cc1. The van der Waals surface area contributed by atoms with Crippen LogP contribution in [0.2, 0.25) is 0 Å². The average Bonchev–Trinajstić information content (AvgIpc) is 2.39. The van der Waals surface area contributed by atoms with Gasteiger partial charge in [0.15, 0.2) is 0 Å². The molecule has 0 atom stereocenters. The summed E-state index contributed by atoms with van der Waals surface area (Å²) >= 11 is 2.29. The molecule has 0 amide bonds. The van der Waals surface area contributed by atoms with Gasteiger partial charge in [0, 0.05) is 15.8 Å². The Kier molecular flexibility index (Phi) is 3.99. The molecule has 2 rings (SSSR count). The minimum atomic E-state index is 0.685. The van der Waals surface area contributed by atoms with Gasteiger partial charge in [0.1, 0.15) is 0 Å². The first-order chi connectivity index (χ1) is 8.28. The molecule has 2 aromatic rings. The molecule has 0 saturated heterocycles. The molecule has 0 fully saturated rings. The maximum atomic E-state index is 8.69. The number of halogens is 1. The highest BCUT2D eigenvalue weighted by atomic mass is 127. The Morgan fingerprint density at radius 1 is 1.00 bits per heavy atom. The molecule has 17 heavy (non-hydrogen) atoms. The van der Waals surface area contributed by atoms with Crippen molar-refractivity contribution in [3.05, 3.63) is 63.2 Å². The van der Waals surface area contributed by atoms with E-state index in [1.807, 2.05) is 24.3 Å². The highest BCUT2D eigenvalue weighted by molar-refractivity contribution is 14.1. The van der Waals surface area contributed by atoms with Crippen LogP contribution >= 0.6 is 22.6 Å². The zero-order valence-electron chi connectivity index (χ0n) is 9.15. The normalized spacial score (nSPS) is 9.65. The van der Waals surface area contributed by atoms with E-state index in [0.29, 0.717) is 5.56 Å². The van der Waals surface area contributed by atoms with E-state index < -0.39 is 0 Å². The summed E-state index contributed by atoms with van der Waals surface area (Å²) in [6, 6.07) is 18.0. The summed E-state index contributed by atoms with van der Waals surface area (Å²) in [7, 11) is 0. The summed E-state index contributed by atoms with van der Waals surface area (Å²) in [5.41, 5.74) is 2.96. The molecule has 84 valence electrons. The predicted molar refractivity (Wildman–Crippen MR) is 77.6 cm³/mol. The van der Waals surface area contributed by atoms with Gasteiger partial charge in [0.2, 0.25) is 0 Å². The molecular weight excluding hydrogens is 323 g/mol. The Morgan fingerprint density at radius 3 is 2.24 bits per heavy atom. The first-order valence-electron chi connectivity index (χ1n) is 5.26. The van der Waals surface area contributed by atoms with Gasteiger partial charge in [0.05, 0.1) is 11.6 Å². The van der Waals surface area contributed by atoms with Gasteiger partial charge >= 0.3 is 0 Å². The Hall–Kier alpha value is -1.54. The lowest BCUT2D eigenvalue weighted by molar-refractivity contribution is 1.15. The molecule has 0 aromatic heterocycles. The molecule has 0 heterocycles. The summed E-state index contributed by atoms with van der Waals surface area (Å²) < 4.78 is 1.24. The van der Waals surface area contributed by atoms with Crippen molar-refractivity contribution >= 4 is 28.3 Å². The number of rotatable bonds is 3. The second-order valence-electron chi connectivity index (χ2n) is 3.67. The second kappa shape index (κ2) is 5.69. The fourth-order valence-electron chi connectivity index (χ4n) is 1.47. The van der Waals surface area contributed by atoms with Crippen molar-refractivity contribution in [3.8, 4) is 6.07 Å². The van der Waals surface area contributed by atoms with E-state index in [-0.39, 0.29) is 0 Å². The quantitative estimate of drug-likeness (QED) is 0.868. The Bertz CT molecular complexity index is 524. The zero-order chi connectivity index (χ0) is 12.1. The molecule has 0 spiro atoms. The van der Waals surface area contributed by atoms with Gasteiger partial charge in [-0.25, -0.2) is 0 Å². The number of nitrogens with one attached hydrogen (secondary N) is 1. The van der Waals surface area contributed by atoms with Crippen LogP contribution in [0.1, 0.15) is 11.1 Å². The van der Waals surface area contributed by atoms with Crippen LogP contribution in [-0.2, 0) is 6.54 Å². The molecular formula is C14H11IN2. The van der Waals surface area contributed by atoms with E-state index >= 15 is 0 Å². The largest absolute Gasteiger partial charge is 0.381 e. The first kappa shape index (κ1) is 11.9. The molecule has 0 saturated carbocycles. The number of anilines is 1. The Balaban J connectivity index is 1.98. The van der Waals surface area contributed by atoms with Crippen molar-refractivity contribution in [3.63, 3.8) is 0 Å². The highest BCUT2D eigenvalue weighted by Crippen LogP contribution is 2.12. The van der Waals surface area contributed by atoms with Crippen LogP contribution in [-0.4, -0.2) is 0 Å². The number of nitrogens with zero attached hydrogens (tertiary/aromatic N) is 1. The fourth-order valence-corrected chi connectivity index (χ4v) is 1.83. The van der Waals surface area contributed by atoms with Crippen LogP contribution in [0.15, 0.2) is 48.5 Å². The van der Waals surface area contributed by atoms with Gasteiger partial charge in [-0.1, -0.05) is 12.1 Å². The molecule has 1 N–H and O–H groups in total. The lowest BCUT2D eigenvalue weighted by atomic mass is 10.2. The third-order valence-electron chi connectivity index (χ3n) is 2.42. The fraction of sp³-hybridized carbons (Fsp3) is 0.0714. The molecule has 0 aliphatic rings. The Morgan fingerprint density at radius 2 is 1.65 bits per heavy atom. The summed E-state index contributed by atoms with van der Waals surface area (Å²) in [6.45, 7) is 0.794. The van der Waals surface area contributed by atoms with Gasteiger partial charge in [-0.2, -0.15) is 5.26 Å². The molecule has 3 heteroatoms. The van der Waals surface area contributed by atoms with E-state index in [4.69, 9.17) is 5.26 Å². The predicted octanol–water partition coefficient (Wildman–Crippen LogP) is 3.77. The van der Waals surface area contributed by atoms with Gasteiger partial charge in [-0.3, -0.25) is 0 Å². The molecule has 0 aliphatic carbocycles. The van der Waals surface area contributed by atoms with Gasteiger partial charge in [-0.15, -0.1) is 0 Å². The second-order valence-corrected chi connectivity index (χ2v) is 4.91. The third kappa shape index (κ3) is 3.46. The van der Waals surface area contributed by atoms with Crippen LogP contribution < -0.4 is 5.32 Å². The van der Waals surface area contributed by atoms with Crippen molar-refractivity contribution in [1.29, 1.82) is 5.26 Å². The van der Waals surface area contributed by atoms with Crippen molar-refractivity contribution in [2.45, 2.75) is 6.54 Å². The summed E-state index contributed by atoms with van der Waals surface area (Å²) in [6.07, 6.45) is 0. The molecule has 0 unspecified atom stereocenters. The molecule has 0 bridgehead atoms. The molecule has 0 radical (unpaired) electrons. The van der Waals surface area contributed by atoms with E-state index in [2.05, 4.69) is 58.2 Å². The summed E-state index contributed by atoms with van der Waals surface area (Å²) in [4.78, 5) is 0. The van der Waals surface area contributed by atoms with Crippen molar-refractivity contribution in [2.24, 2.45) is 0 Å². The van der Waals surface area contributed by atoms with E-state index in [0.717, 1.165) is 12.2 Å². The van der Waals surface area contributed by atoms with Gasteiger partial charge in [-0.05, 0) is 64.6 Å². The van der Waals surface area contributed by atoms with E-state index in [1.54, 1.807) is 0 Å². The van der Waals surface area contributed by atoms with E-state index in [1.165, 1.54) is 9.13 Å². The average molecular weight is 334 g/mol. The number of hydrogen-bond donors (Lipinski definition) is 1. The highest BCUT2D eigenvalue weighted by Gasteiger charge is 1.95. The molecule has 2 aromatic carbocycles. The van der Waals surface area contributed by atoms with Crippen LogP contribution in [0.3, 0.4) is 0 Å². The van der Waals surface area contributed by atoms with Crippen LogP contribution in [0, 0.1) is 14.9 Å². The standard InChI is InChI=1S/C14H11IN2/c15-13-5-1-12(2-6-13)10-17-14-7-3-11(9-16)4-8-14/h1-8,17H,10H2. The Labute approximate surface area is 114 Å². The zero-order valence-corrected chi connectivity index (χ0v) is 11.3. The lowest BCUT2D eigenvalue weighted by Crippen LogP contribution is -1.98. The summed E-state index contributed by atoms with van der Waals surface area (Å²) in [5.74, 6) is 0. The topological polar surface area (TPSA) is 35.8 Å². The van der Waals surface area contributed by atoms with Crippen LogP contribution in [0.25, 0.3) is 0 Å². The summed E-state index contributed by atoms with van der Waals surface area (Å²) in [5, 5.41) is 12.0. The van der Waals surface area contributed by atoms with Crippen molar-refractivity contribution in [2.75, 3.05) is 5.32 Å². The first-order valence-corrected chi connectivity index (χ1v) is 6.34. The van der Waals surface area contributed by atoms with E-state index in [9.17, 15) is 0 Å². The lowest BCUT2D eigenvalue weighted by Gasteiger charge is -2.06. The maximum Gasteiger partial charge on any atom is 0.0991 e. The molecule has 0 aliphatic heterocycles. The molecule has 2 nitrogen and oxygen atoms in total. The maximum absolute atomic E-state index is 8.69. The third-order valence-corrected chi connectivity index (χ3v) is 3.14. The van der Waals surface area contributed by atoms with Crippen molar-refractivity contribution < 1.29 is 0 Å². The monoisotopic (exact) mass is 334 g/mol. The number of benzene rings is 2. The van der Waals surface area contributed by atoms with Gasteiger partial charge < -0.3 is 5.32 Å². The minimum absolute atomic E-state index is 0.685. The minimum Gasteiger partial charge on any atom is -0.381 e. The number of nitriles is 1. The van der Waals surface area contributed by atoms with Crippen LogP contribution in [0.4, 0.5) is 5.69 Å². The van der Waals surface area contributed by atoms with Crippen LogP contribution in [0.5, 0.6) is 0 Å². The van der Waals surface area contributed by atoms with Gasteiger partial charge in [0.25, 0.3) is 0 Å². The van der Waals surface area contributed by atoms with Crippen molar-refractivity contribution in [1.82, 2.24) is 0 Å². The smallest absolute Gasteiger partial charge is 0.0991 e.